The van der Waals surface area contributed by atoms with Gasteiger partial charge in [0.05, 0.1) is 17.9 Å². The molecule has 0 atom stereocenters. The van der Waals surface area contributed by atoms with Crippen molar-refractivity contribution in [3.8, 4) is 0 Å². The number of nitrogens with one attached hydrogen (secondary N) is 1. The van der Waals surface area contributed by atoms with Crippen LogP contribution in [0.2, 0.25) is 0 Å². The fraction of sp³-hybridized carbons (Fsp3) is 0.667. The summed E-state index contributed by atoms with van der Waals surface area (Å²) in [5, 5.41) is 2.79. The molecule has 0 spiro atoms. The molecule has 0 saturated carbocycles. The topological polar surface area (TPSA) is 67.3 Å². The van der Waals surface area contributed by atoms with E-state index in [0.717, 1.165) is 25.0 Å². The maximum atomic E-state index is 12.0. The first-order valence-corrected chi connectivity index (χ1v) is 7.47. The largest absolute Gasteiger partial charge is 0.383 e. The normalized spacial score (nSPS) is 16.0. The number of nitrogens with zero attached hydrogens (tertiary/aromatic N) is 3. The molecule has 116 valence electrons. The summed E-state index contributed by atoms with van der Waals surface area (Å²) in [5.74, 6) is 1.35. The molecule has 2 heterocycles. The Labute approximate surface area is 125 Å². The molecule has 2 rings (SSSR count). The molecule has 1 aliphatic rings. The molecule has 1 aromatic heterocycles. The van der Waals surface area contributed by atoms with E-state index in [0.29, 0.717) is 24.4 Å². The SMILES string of the molecule is COCCNC(=O)c1cnc(N2CCC(C)CC2)nc1C. The second-order valence-electron chi connectivity index (χ2n) is 5.59. The number of carbonyl (C=O) groups excluding carboxylic acids is 1. The molecule has 21 heavy (non-hydrogen) atoms. The van der Waals surface area contributed by atoms with E-state index in [-0.39, 0.29) is 5.91 Å². The summed E-state index contributed by atoms with van der Waals surface area (Å²) < 4.78 is 4.91. The number of hydrogen-bond donors (Lipinski definition) is 1. The lowest BCUT2D eigenvalue weighted by Crippen LogP contribution is -2.34. The van der Waals surface area contributed by atoms with Crippen LogP contribution in [0, 0.1) is 12.8 Å². The summed E-state index contributed by atoms with van der Waals surface area (Å²) in [5.41, 5.74) is 1.24. The molecule has 0 unspecified atom stereocenters. The average Bonchev–Trinajstić information content (AvgIpc) is 2.48. The Hall–Kier alpha value is -1.69. The van der Waals surface area contributed by atoms with Crippen LogP contribution in [0.4, 0.5) is 5.95 Å². The second-order valence-corrected chi connectivity index (χ2v) is 5.59. The third-order valence-electron chi connectivity index (χ3n) is 3.87. The first-order valence-electron chi connectivity index (χ1n) is 7.47. The summed E-state index contributed by atoms with van der Waals surface area (Å²) >= 11 is 0. The van der Waals surface area contributed by atoms with Gasteiger partial charge in [-0.05, 0) is 25.7 Å². The average molecular weight is 292 g/mol. The van der Waals surface area contributed by atoms with E-state index in [9.17, 15) is 4.79 Å². The molecular weight excluding hydrogens is 268 g/mol. The standard InChI is InChI=1S/C15H24N4O2/c1-11-4-7-19(8-5-11)15-17-10-13(12(2)18-15)14(20)16-6-9-21-3/h10-11H,4-9H2,1-3H3,(H,16,20). The fourth-order valence-corrected chi connectivity index (χ4v) is 2.40. The van der Waals surface area contributed by atoms with Crippen LogP contribution >= 0.6 is 0 Å². The summed E-state index contributed by atoms with van der Waals surface area (Å²) in [7, 11) is 1.61. The van der Waals surface area contributed by atoms with Crippen LogP contribution in [0.15, 0.2) is 6.20 Å². The molecule has 6 nitrogen and oxygen atoms in total. The van der Waals surface area contributed by atoms with Gasteiger partial charge in [0, 0.05) is 32.9 Å². The highest BCUT2D eigenvalue weighted by molar-refractivity contribution is 5.94. The van der Waals surface area contributed by atoms with Gasteiger partial charge < -0.3 is 15.0 Å². The lowest BCUT2D eigenvalue weighted by atomic mass is 10.00. The van der Waals surface area contributed by atoms with Crippen LogP contribution in [0.5, 0.6) is 0 Å². The van der Waals surface area contributed by atoms with Gasteiger partial charge in [0.25, 0.3) is 5.91 Å². The fourth-order valence-electron chi connectivity index (χ4n) is 2.40. The third-order valence-corrected chi connectivity index (χ3v) is 3.87. The molecule has 0 bridgehead atoms. The lowest BCUT2D eigenvalue weighted by Gasteiger charge is -2.30. The molecule has 0 aliphatic carbocycles. The molecule has 1 aliphatic heterocycles. The van der Waals surface area contributed by atoms with E-state index >= 15 is 0 Å². The van der Waals surface area contributed by atoms with Crippen molar-refractivity contribution in [1.82, 2.24) is 15.3 Å². The number of ether oxygens (including phenoxy) is 1. The smallest absolute Gasteiger partial charge is 0.254 e. The van der Waals surface area contributed by atoms with Gasteiger partial charge in [-0.2, -0.15) is 0 Å². The second kappa shape index (κ2) is 7.36. The van der Waals surface area contributed by atoms with E-state index in [1.807, 2.05) is 6.92 Å². The third kappa shape index (κ3) is 4.14. The lowest BCUT2D eigenvalue weighted by molar-refractivity contribution is 0.0935. The van der Waals surface area contributed by atoms with Crippen LogP contribution in [-0.4, -0.2) is 49.2 Å². The van der Waals surface area contributed by atoms with Crippen molar-refractivity contribution in [2.45, 2.75) is 26.7 Å². The minimum absolute atomic E-state index is 0.150. The monoisotopic (exact) mass is 292 g/mol. The molecule has 6 heteroatoms. The maximum absolute atomic E-state index is 12.0. The van der Waals surface area contributed by atoms with Crippen molar-refractivity contribution >= 4 is 11.9 Å². The van der Waals surface area contributed by atoms with Gasteiger partial charge in [0.2, 0.25) is 5.95 Å². The molecular formula is C15H24N4O2. The molecule has 1 aromatic rings. The van der Waals surface area contributed by atoms with E-state index in [1.54, 1.807) is 13.3 Å². The zero-order valence-corrected chi connectivity index (χ0v) is 13.1. The Balaban J connectivity index is 2.01. The maximum Gasteiger partial charge on any atom is 0.254 e. The van der Waals surface area contributed by atoms with Crippen LogP contribution in [0.3, 0.4) is 0 Å². The van der Waals surface area contributed by atoms with Crippen molar-refractivity contribution in [3.63, 3.8) is 0 Å². The van der Waals surface area contributed by atoms with Gasteiger partial charge in [0.1, 0.15) is 0 Å². The first kappa shape index (κ1) is 15.7. The predicted octanol–water partition coefficient (Wildman–Crippen LogP) is 1.40. The molecule has 0 aromatic carbocycles. The van der Waals surface area contributed by atoms with Gasteiger partial charge in [0.15, 0.2) is 0 Å². The number of amides is 1. The highest BCUT2D eigenvalue weighted by Gasteiger charge is 2.19. The Morgan fingerprint density at radius 2 is 2.19 bits per heavy atom. The van der Waals surface area contributed by atoms with Gasteiger partial charge in [-0.3, -0.25) is 4.79 Å². The van der Waals surface area contributed by atoms with Crippen molar-refractivity contribution in [2.24, 2.45) is 5.92 Å². The van der Waals surface area contributed by atoms with Gasteiger partial charge in [-0.15, -0.1) is 0 Å². The number of anilines is 1. The molecule has 1 saturated heterocycles. The highest BCUT2D eigenvalue weighted by atomic mass is 16.5. The van der Waals surface area contributed by atoms with Crippen LogP contribution in [0.25, 0.3) is 0 Å². The highest BCUT2D eigenvalue weighted by Crippen LogP contribution is 2.20. The van der Waals surface area contributed by atoms with E-state index in [1.165, 1.54) is 12.8 Å². The van der Waals surface area contributed by atoms with Gasteiger partial charge in [-0.25, -0.2) is 9.97 Å². The summed E-state index contributed by atoms with van der Waals surface area (Å²) in [6.07, 6.45) is 3.96. The van der Waals surface area contributed by atoms with Crippen molar-refractivity contribution < 1.29 is 9.53 Å². The minimum Gasteiger partial charge on any atom is -0.383 e. The number of hydrogen-bond acceptors (Lipinski definition) is 5. The summed E-state index contributed by atoms with van der Waals surface area (Å²) in [6.45, 7) is 7.08. The number of aryl methyl sites for hydroxylation is 1. The number of rotatable bonds is 5. The van der Waals surface area contributed by atoms with E-state index in [2.05, 4.69) is 27.1 Å². The molecule has 1 fully saturated rings. The quantitative estimate of drug-likeness (QED) is 0.831. The zero-order chi connectivity index (χ0) is 15.2. The van der Waals surface area contributed by atoms with Crippen molar-refractivity contribution in [2.75, 3.05) is 38.3 Å². The van der Waals surface area contributed by atoms with Gasteiger partial charge in [-0.1, -0.05) is 6.92 Å². The number of piperidine rings is 1. The number of methoxy groups -OCH3 is 1. The van der Waals surface area contributed by atoms with E-state index < -0.39 is 0 Å². The van der Waals surface area contributed by atoms with Crippen LogP contribution in [0.1, 0.15) is 35.8 Å². The van der Waals surface area contributed by atoms with Crippen LogP contribution in [-0.2, 0) is 4.74 Å². The zero-order valence-electron chi connectivity index (χ0n) is 13.1. The molecule has 1 N–H and O–H groups in total. The van der Waals surface area contributed by atoms with Crippen LogP contribution < -0.4 is 10.2 Å². The number of aromatic nitrogens is 2. The minimum atomic E-state index is -0.150. The van der Waals surface area contributed by atoms with Crippen molar-refractivity contribution in [3.05, 3.63) is 17.5 Å². The van der Waals surface area contributed by atoms with Crippen molar-refractivity contribution in [1.29, 1.82) is 0 Å². The summed E-state index contributed by atoms with van der Waals surface area (Å²) in [4.78, 5) is 23.1. The Kier molecular flexibility index (Phi) is 5.50. The Bertz CT molecular complexity index is 485. The Morgan fingerprint density at radius 3 is 2.81 bits per heavy atom. The van der Waals surface area contributed by atoms with E-state index in [4.69, 9.17) is 4.74 Å². The summed E-state index contributed by atoms with van der Waals surface area (Å²) in [6, 6.07) is 0. The van der Waals surface area contributed by atoms with Gasteiger partial charge >= 0.3 is 0 Å². The Morgan fingerprint density at radius 1 is 1.48 bits per heavy atom. The molecule has 0 radical (unpaired) electrons. The number of carbonyl (C=O) groups is 1. The molecule has 1 amide bonds. The first-order chi connectivity index (χ1) is 10.1. The predicted molar refractivity (Wildman–Crippen MR) is 81.6 cm³/mol.